The van der Waals surface area contributed by atoms with Crippen LogP contribution in [0.15, 0.2) is 12.1 Å². The van der Waals surface area contributed by atoms with Crippen LogP contribution < -0.4 is 4.74 Å². The first kappa shape index (κ1) is 14.6. The summed E-state index contributed by atoms with van der Waals surface area (Å²) in [5.74, 6) is -2.60. The molecule has 0 spiro atoms. The van der Waals surface area contributed by atoms with Crippen molar-refractivity contribution in [3.05, 3.63) is 33.9 Å². The minimum Gasteiger partial charge on any atom is -0.487 e. The van der Waals surface area contributed by atoms with E-state index in [1.165, 1.54) is 0 Å². The second kappa shape index (κ2) is 5.70. The summed E-state index contributed by atoms with van der Waals surface area (Å²) in [6.45, 7) is -0.152. The molecule has 20 heavy (non-hydrogen) atoms. The highest BCUT2D eigenvalue weighted by Crippen LogP contribution is 2.31. The van der Waals surface area contributed by atoms with Crippen molar-refractivity contribution in [2.45, 2.75) is 37.7 Å². The monoisotopic (exact) mass is 287 g/mol. The van der Waals surface area contributed by atoms with Crippen LogP contribution in [0.5, 0.6) is 5.75 Å². The quantitative estimate of drug-likeness (QED) is 0.682. The molecule has 0 aromatic heterocycles. The molecule has 1 aliphatic rings. The molecule has 1 aromatic rings. The van der Waals surface area contributed by atoms with Crippen molar-refractivity contribution in [2.24, 2.45) is 0 Å². The van der Waals surface area contributed by atoms with Crippen molar-refractivity contribution in [3.8, 4) is 5.75 Å². The Labute approximate surface area is 114 Å². The Morgan fingerprint density at radius 1 is 1.25 bits per heavy atom. The first-order chi connectivity index (χ1) is 9.41. The number of hydrogen-bond acceptors (Lipinski definition) is 4. The van der Waals surface area contributed by atoms with Gasteiger partial charge in [0.2, 0.25) is 5.82 Å². The van der Waals surface area contributed by atoms with Gasteiger partial charge < -0.3 is 9.84 Å². The minimum absolute atomic E-state index is 0.152. The molecule has 0 amide bonds. The molecule has 1 fully saturated rings. The molecule has 5 nitrogen and oxygen atoms in total. The number of nitro benzene ring substituents is 1. The van der Waals surface area contributed by atoms with Crippen LogP contribution in [0.1, 0.15) is 32.1 Å². The second-order valence-electron chi connectivity index (χ2n) is 5.06. The molecule has 0 radical (unpaired) electrons. The summed E-state index contributed by atoms with van der Waals surface area (Å²) in [5.41, 5.74) is -1.98. The predicted molar refractivity (Wildman–Crippen MR) is 66.5 cm³/mol. The second-order valence-corrected chi connectivity index (χ2v) is 5.06. The fraction of sp³-hybridized carbons (Fsp3) is 0.538. The van der Waals surface area contributed by atoms with Gasteiger partial charge in [-0.15, -0.1) is 0 Å². The van der Waals surface area contributed by atoms with Crippen LogP contribution in [0.25, 0.3) is 0 Å². The highest BCUT2D eigenvalue weighted by atomic mass is 19.1. The average Bonchev–Trinajstić information content (AvgIpc) is 2.40. The molecule has 7 heteroatoms. The van der Waals surface area contributed by atoms with Crippen LogP contribution in [-0.4, -0.2) is 22.2 Å². The lowest BCUT2D eigenvalue weighted by atomic mass is 9.85. The topological polar surface area (TPSA) is 72.6 Å². The van der Waals surface area contributed by atoms with E-state index in [0.29, 0.717) is 25.0 Å². The standard InChI is InChI=1S/C13H15F2NO4/c14-9-7-12(10(15)6-11(9)16(18)19)20-8-13(17)4-2-1-3-5-13/h6-7,17H,1-5,8H2. The van der Waals surface area contributed by atoms with Gasteiger partial charge in [0.1, 0.15) is 6.61 Å². The number of aliphatic hydroxyl groups is 1. The molecule has 1 aromatic carbocycles. The number of hydrogen-bond donors (Lipinski definition) is 1. The van der Waals surface area contributed by atoms with Crippen LogP contribution in [0.2, 0.25) is 0 Å². The molecular formula is C13H15F2NO4. The third-order valence-electron chi connectivity index (χ3n) is 3.48. The third-order valence-corrected chi connectivity index (χ3v) is 3.48. The largest absolute Gasteiger partial charge is 0.487 e. The van der Waals surface area contributed by atoms with E-state index >= 15 is 0 Å². The summed E-state index contributed by atoms with van der Waals surface area (Å²) >= 11 is 0. The van der Waals surface area contributed by atoms with Gasteiger partial charge in [-0.1, -0.05) is 19.3 Å². The van der Waals surface area contributed by atoms with Crippen molar-refractivity contribution >= 4 is 5.69 Å². The highest BCUT2D eigenvalue weighted by molar-refractivity contribution is 5.39. The molecule has 0 atom stereocenters. The van der Waals surface area contributed by atoms with Gasteiger partial charge in [-0.2, -0.15) is 4.39 Å². The number of nitro groups is 1. The van der Waals surface area contributed by atoms with Crippen LogP contribution in [0.4, 0.5) is 14.5 Å². The van der Waals surface area contributed by atoms with Gasteiger partial charge in [-0.25, -0.2) is 4.39 Å². The Morgan fingerprint density at radius 3 is 2.50 bits per heavy atom. The lowest BCUT2D eigenvalue weighted by Gasteiger charge is -2.31. The Morgan fingerprint density at radius 2 is 1.90 bits per heavy atom. The maximum Gasteiger partial charge on any atom is 0.307 e. The molecular weight excluding hydrogens is 272 g/mol. The Balaban J connectivity index is 2.10. The van der Waals surface area contributed by atoms with Crippen LogP contribution in [-0.2, 0) is 0 Å². The van der Waals surface area contributed by atoms with E-state index in [-0.39, 0.29) is 6.61 Å². The van der Waals surface area contributed by atoms with E-state index in [2.05, 4.69) is 0 Å². The summed E-state index contributed by atoms with van der Waals surface area (Å²) in [4.78, 5) is 9.46. The van der Waals surface area contributed by atoms with Gasteiger partial charge in [0.25, 0.3) is 0 Å². The lowest BCUT2D eigenvalue weighted by Crippen LogP contribution is -2.38. The average molecular weight is 287 g/mol. The lowest BCUT2D eigenvalue weighted by molar-refractivity contribution is -0.387. The summed E-state index contributed by atoms with van der Waals surface area (Å²) in [5, 5.41) is 20.6. The van der Waals surface area contributed by atoms with Gasteiger partial charge in [0.15, 0.2) is 11.6 Å². The first-order valence-corrected chi connectivity index (χ1v) is 6.40. The van der Waals surface area contributed by atoms with E-state index < -0.39 is 33.6 Å². The molecule has 1 saturated carbocycles. The first-order valence-electron chi connectivity index (χ1n) is 6.40. The molecule has 0 heterocycles. The fourth-order valence-corrected chi connectivity index (χ4v) is 2.33. The predicted octanol–water partition coefficient (Wildman–Crippen LogP) is 2.95. The molecule has 0 unspecified atom stereocenters. The summed E-state index contributed by atoms with van der Waals surface area (Å²) in [6.07, 6.45) is 3.84. The molecule has 0 bridgehead atoms. The van der Waals surface area contributed by atoms with Gasteiger partial charge in [0.05, 0.1) is 16.6 Å². The van der Waals surface area contributed by atoms with Crippen LogP contribution in [0.3, 0.4) is 0 Å². The van der Waals surface area contributed by atoms with E-state index in [1.54, 1.807) is 0 Å². The van der Waals surface area contributed by atoms with Gasteiger partial charge in [-0.05, 0) is 12.8 Å². The molecule has 110 valence electrons. The molecule has 0 saturated heterocycles. The van der Waals surface area contributed by atoms with Gasteiger partial charge >= 0.3 is 5.69 Å². The number of halogens is 2. The smallest absolute Gasteiger partial charge is 0.307 e. The molecule has 1 N–H and O–H groups in total. The number of rotatable bonds is 4. The number of benzene rings is 1. The third kappa shape index (κ3) is 3.22. The van der Waals surface area contributed by atoms with Crippen molar-refractivity contribution in [2.75, 3.05) is 6.61 Å². The zero-order valence-corrected chi connectivity index (χ0v) is 10.8. The zero-order valence-electron chi connectivity index (χ0n) is 10.8. The van der Waals surface area contributed by atoms with Crippen molar-refractivity contribution in [1.29, 1.82) is 0 Å². The molecule has 2 rings (SSSR count). The highest BCUT2D eigenvalue weighted by Gasteiger charge is 2.30. The van der Waals surface area contributed by atoms with Gasteiger partial charge in [0, 0.05) is 6.07 Å². The minimum atomic E-state index is -1.16. The Hall–Kier alpha value is -1.76. The number of nitrogens with zero attached hydrogens (tertiary/aromatic N) is 1. The Kier molecular flexibility index (Phi) is 4.17. The molecule has 1 aliphatic carbocycles. The van der Waals surface area contributed by atoms with Gasteiger partial charge in [-0.3, -0.25) is 10.1 Å². The maximum atomic E-state index is 13.6. The fourth-order valence-electron chi connectivity index (χ4n) is 2.33. The maximum absolute atomic E-state index is 13.6. The summed E-state index contributed by atoms with van der Waals surface area (Å²) in [7, 11) is 0. The summed E-state index contributed by atoms with van der Waals surface area (Å²) < 4.78 is 32.1. The molecule has 0 aliphatic heterocycles. The van der Waals surface area contributed by atoms with Crippen LogP contribution in [0, 0.1) is 21.7 Å². The van der Waals surface area contributed by atoms with E-state index in [0.717, 1.165) is 19.3 Å². The van der Waals surface area contributed by atoms with Crippen molar-refractivity contribution in [1.82, 2.24) is 0 Å². The van der Waals surface area contributed by atoms with E-state index in [4.69, 9.17) is 4.74 Å². The zero-order chi connectivity index (χ0) is 14.8. The van der Waals surface area contributed by atoms with E-state index in [1.807, 2.05) is 0 Å². The van der Waals surface area contributed by atoms with Crippen molar-refractivity contribution in [3.63, 3.8) is 0 Å². The van der Waals surface area contributed by atoms with Crippen LogP contribution >= 0.6 is 0 Å². The summed E-state index contributed by atoms with van der Waals surface area (Å²) in [6, 6.07) is 1.12. The Bertz CT molecular complexity index is 515. The SMILES string of the molecule is O=[N+]([O-])c1cc(F)c(OCC2(O)CCCCC2)cc1F. The normalized spacial score (nSPS) is 17.8. The number of ether oxygens (including phenoxy) is 1. The van der Waals surface area contributed by atoms with E-state index in [9.17, 15) is 24.0 Å². The van der Waals surface area contributed by atoms with Crippen molar-refractivity contribution < 1.29 is 23.5 Å².